The van der Waals surface area contributed by atoms with E-state index in [1.165, 1.54) is 9.14 Å². The summed E-state index contributed by atoms with van der Waals surface area (Å²) in [5.41, 5.74) is 0. The summed E-state index contributed by atoms with van der Waals surface area (Å²) in [5.74, 6) is 3.50. The number of hydrogen-bond donors (Lipinski definition) is 0. The van der Waals surface area contributed by atoms with E-state index in [0.717, 1.165) is 0 Å². The second kappa shape index (κ2) is 3.68. The monoisotopic (exact) mass is 283 g/mol. The Kier molecular flexibility index (Phi) is 3.08. The standard InChI is InChI=1S/C7H11N2Se2/c1-8-4-5-9(2)6(8)7(10)11-3/h4-5H,1-3H3/q+1. The first-order valence-corrected chi connectivity index (χ1v) is 6.68. The van der Waals surface area contributed by atoms with Crippen molar-refractivity contribution in [3.05, 3.63) is 18.2 Å². The average Bonchev–Trinajstić information content (AvgIpc) is 2.30. The Bertz CT molecular complexity index is 258. The van der Waals surface area contributed by atoms with Crippen LogP contribution in [0.3, 0.4) is 0 Å². The van der Waals surface area contributed by atoms with Crippen LogP contribution in [0.1, 0.15) is 5.82 Å². The minimum atomic E-state index is 0.559. The molecular weight excluding hydrogens is 270 g/mol. The van der Waals surface area contributed by atoms with E-state index in [4.69, 9.17) is 0 Å². The molecule has 1 heterocycles. The van der Waals surface area contributed by atoms with Crippen LogP contribution in [0, 0.1) is 0 Å². The molecule has 0 aromatic carbocycles. The molecule has 0 aliphatic rings. The second-order valence-electron chi connectivity index (χ2n) is 2.34. The van der Waals surface area contributed by atoms with Gasteiger partial charge < -0.3 is 0 Å². The Labute approximate surface area is 81.1 Å². The summed E-state index contributed by atoms with van der Waals surface area (Å²) in [6.07, 6.45) is 4.14. The summed E-state index contributed by atoms with van der Waals surface area (Å²) in [7, 11) is 4.14. The molecule has 0 atom stereocenters. The second-order valence-corrected chi connectivity index (χ2v) is 6.21. The van der Waals surface area contributed by atoms with Crippen molar-refractivity contribution in [1.29, 1.82) is 0 Å². The van der Waals surface area contributed by atoms with E-state index in [1.54, 1.807) is 0 Å². The van der Waals surface area contributed by atoms with Gasteiger partial charge in [-0.1, -0.05) is 0 Å². The van der Waals surface area contributed by atoms with Crippen molar-refractivity contribution >= 4 is 33.8 Å². The summed E-state index contributed by atoms with van der Waals surface area (Å²) in [6, 6.07) is 0. The molecule has 0 aliphatic carbocycles. The van der Waals surface area contributed by atoms with E-state index in [0.29, 0.717) is 15.0 Å². The first-order valence-electron chi connectivity index (χ1n) is 3.26. The van der Waals surface area contributed by atoms with Crippen molar-refractivity contribution < 1.29 is 4.57 Å². The van der Waals surface area contributed by atoms with Crippen molar-refractivity contribution in [3.63, 3.8) is 0 Å². The third kappa shape index (κ3) is 1.82. The van der Waals surface area contributed by atoms with Gasteiger partial charge in [-0.25, -0.2) is 0 Å². The summed E-state index contributed by atoms with van der Waals surface area (Å²) >= 11 is 3.67. The molecule has 0 unspecified atom stereocenters. The van der Waals surface area contributed by atoms with Crippen LogP contribution in [0.15, 0.2) is 12.4 Å². The van der Waals surface area contributed by atoms with E-state index in [-0.39, 0.29) is 0 Å². The number of rotatable bonds is 2. The Morgan fingerprint density at radius 1 is 1.73 bits per heavy atom. The van der Waals surface area contributed by atoms with E-state index in [2.05, 4.69) is 57.0 Å². The van der Waals surface area contributed by atoms with Crippen LogP contribution in [-0.4, -0.2) is 38.4 Å². The van der Waals surface area contributed by atoms with Gasteiger partial charge in [-0.2, -0.15) is 0 Å². The fourth-order valence-corrected chi connectivity index (χ4v) is 2.56. The molecule has 0 bridgehead atoms. The first kappa shape index (κ1) is 9.21. The normalized spacial score (nSPS) is 10.1. The molecular formula is C7H11N2Se2+. The van der Waals surface area contributed by atoms with Gasteiger partial charge in [-0.05, 0) is 0 Å². The topological polar surface area (TPSA) is 8.81 Å². The molecule has 1 aromatic rings. The van der Waals surface area contributed by atoms with Crippen molar-refractivity contribution in [2.75, 3.05) is 0 Å². The number of nitrogens with zero attached hydrogens (tertiary/aromatic N) is 2. The predicted octanol–water partition coefficient (Wildman–Crippen LogP) is -0.752. The zero-order valence-electron chi connectivity index (χ0n) is 6.87. The molecule has 1 rings (SSSR count). The molecule has 0 aliphatic heterocycles. The van der Waals surface area contributed by atoms with Crippen molar-refractivity contribution in [2.45, 2.75) is 5.82 Å². The van der Waals surface area contributed by atoms with Gasteiger partial charge in [0, 0.05) is 0 Å². The quantitative estimate of drug-likeness (QED) is 0.498. The molecule has 0 N–H and O–H groups in total. The third-order valence-corrected chi connectivity index (χ3v) is 4.91. The van der Waals surface area contributed by atoms with Crippen molar-refractivity contribution in [3.8, 4) is 0 Å². The summed E-state index contributed by atoms with van der Waals surface area (Å²) in [6.45, 7) is 0. The number of imidazole rings is 1. The van der Waals surface area contributed by atoms with Gasteiger partial charge in [-0.15, -0.1) is 0 Å². The van der Waals surface area contributed by atoms with E-state index in [1.807, 2.05) is 0 Å². The Hall–Kier alpha value is 0.119. The van der Waals surface area contributed by atoms with Crippen LogP contribution in [0.5, 0.6) is 0 Å². The molecule has 0 radical (unpaired) electrons. The molecule has 0 spiro atoms. The van der Waals surface area contributed by atoms with Crippen LogP contribution >= 0.6 is 0 Å². The molecule has 0 fully saturated rings. The maximum atomic E-state index is 3.11. The van der Waals surface area contributed by atoms with Crippen LogP contribution in [0.25, 0.3) is 0 Å². The van der Waals surface area contributed by atoms with Gasteiger partial charge >= 0.3 is 81.1 Å². The number of aromatic nitrogens is 2. The first-order chi connectivity index (χ1) is 5.16. The summed E-state index contributed by atoms with van der Waals surface area (Å²) in [5, 5.41) is 0. The number of aryl methyl sites for hydroxylation is 2. The Morgan fingerprint density at radius 2 is 2.36 bits per heavy atom. The molecule has 2 nitrogen and oxygen atoms in total. The van der Waals surface area contributed by atoms with Gasteiger partial charge in [0.1, 0.15) is 0 Å². The third-order valence-electron chi connectivity index (χ3n) is 1.55. The van der Waals surface area contributed by atoms with Gasteiger partial charge in [0.05, 0.1) is 0 Å². The van der Waals surface area contributed by atoms with E-state index in [9.17, 15) is 0 Å². The van der Waals surface area contributed by atoms with Gasteiger partial charge in [-0.3, -0.25) is 0 Å². The maximum absolute atomic E-state index is 3.11. The Balaban J connectivity index is 3.10. The SMILES string of the molecule is C[Se]C(=[Se])c1n(C)cc[n+]1C. The fraction of sp³-hybridized carbons (Fsp3) is 0.429. The molecule has 4 heteroatoms. The molecule has 0 saturated carbocycles. The summed E-state index contributed by atoms with van der Waals surface area (Å²) < 4.78 is 5.64. The zero-order valence-corrected chi connectivity index (χ0v) is 10.3. The number of hydrogen-bond acceptors (Lipinski definition) is 0. The average molecular weight is 281 g/mol. The molecule has 0 amide bonds. The molecule has 1 aromatic heterocycles. The van der Waals surface area contributed by atoms with E-state index >= 15 is 0 Å². The van der Waals surface area contributed by atoms with Crippen molar-refractivity contribution in [1.82, 2.24) is 4.57 Å². The van der Waals surface area contributed by atoms with Crippen LogP contribution in [0.2, 0.25) is 5.82 Å². The Morgan fingerprint density at radius 3 is 2.73 bits per heavy atom. The predicted molar refractivity (Wildman–Crippen MR) is 48.1 cm³/mol. The molecule has 0 saturated heterocycles. The van der Waals surface area contributed by atoms with Crippen LogP contribution in [-0.2, 0) is 14.1 Å². The van der Waals surface area contributed by atoms with Crippen molar-refractivity contribution in [2.24, 2.45) is 14.1 Å². The van der Waals surface area contributed by atoms with Crippen LogP contribution < -0.4 is 4.57 Å². The molecule has 60 valence electrons. The van der Waals surface area contributed by atoms with Gasteiger partial charge in [0.25, 0.3) is 0 Å². The fourth-order valence-electron chi connectivity index (χ4n) is 0.969. The van der Waals surface area contributed by atoms with Gasteiger partial charge in [0.15, 0.2) is 0 Å². The van der Waals surface area contributed by atoms with Crippen LogP contribution in [0.4, 0.5) is 0 Å². The van der Waals surface area contributed by atoms with Gasteiger partial charge in [0.2, 0.25) is 0 Å². The zero-order chi connectivity index (χ0) is 8.43. The molecule has 11 heavy (non-hydrogen) atoms. The summed E-state index contributed by atoms with van der Waals surface area (Å²) in [4.78, 5) is 0. The van der Waals surface area contributed by atoms with E-state index < -0.39 is 0 Å². The minimum absolute atomic E-state index is 0.559.